The van der Waals surface area contributed by atoms with E-state index in [1.165, 1.54) is 20.3 Å². The molecular weight excluding hydrogens is 252 g/mol. The monoisotopic (exact) mass is 271 g/mol. The molecule has 1 aromatic rings. The maximum atomic E-state index is 13.3. The van der Waals surface area contributed by atoms with Crippen LogP contribution in [0.25, 0.3) is 0 Å². The quantitative estimate of drug-likeness (QED) is 0.913. The Hall–Kier alpha value is -1.36. The molecule has 19 heavy (non-hydrogen) atoms. The summed E-state index contributed by atoms with van der Waals surface area (Å²) in [5, 5.41) is 0. The Balaban J connectivity index is 2.57. The molecule has 0 heterocycles. The summed E-state index contributed by atoms with van der Waals surface area (Å²) >= 11 is 0. The van der Waals surface area contributed by atoms with Gasteiger partial charge in [0.05, 0.1) is 14.2 Å². The average molecular weight is 271 g/mol. The fraction of sp³-hybridized carbons (Fsp3) is 0.571. The van der Waals surface area contributed by atoms with Crippen molar-refractivity contribution in [3.8, 4) is 11.5 Å². The number of hydrogen-bond donors (Lipinski definition) is 1. The zero-order valence-electron chi connectivity index (χ0n) is 11.2. The Labute approximate surface area is 111 Å². The molecule has 0 amide bonds. The highest BCUT2D eigenvalue weighted by molar-refractivity contribution is 5.50. The lowest BCUT2D eigenvalue weighted by molar-refractivity contribution is 0.147. The van der Waals surface area contributed by atoms with Gasteiger partial charge in [-0.05, 0) is 30.5 Å². The van der Waals surface area contributed by atoms with Gasteiger partial charge in [-0.15, -0.1) is 0 Å². The van der Waals surface area contributed by atoms with E-state index in [0.717, 1.165) is 25.7 Å². The number of nitrogens with two attached hydrogens (primary N) is 1. The Kier molecular flexibility index (Phi) is 3.94. The molecule has 1 saturated carbocycles. The van der Waals surface area contributed by atoms with Crippen molar-refractivity contribution in [3.05, 3.63) is 23.3 Å². The SMILES string of the molecule is COc1cc(C(F)F)c(C2(N)CCCC2)cc1OC. The predicted octanol–water partition coefficient (Wildman–Crippen LogP) is 3.37. The first kappa shape index (κ1) is 14.1. The molecular formula is C14H19F2NO2. The second kappa shape index (κ2) is 5.33. The van der Waals surface area contributed by atoms with Gasteiger partial charge < -0.3 is 15.2 Å². The van der Waals surface area contributed by atoms with Crippen molar-refractivity contribution in [1.29, 1.82) is 0 Å². The standard InChI is InChI=1S/C14H19F2NO2/c1-18-11-7-9(13(15)16)10(8-12(11)19-2)14(17)5-3-4-6-14/h7-8,13H,3-6,17H2,1-2H3. The molecule has 0 unspecified atom stereocenters. The fourth-order valence-corrected chi connectivity index (χ4v) is 2.78. The zero-order chi connectivity index (χ0) is 14.0. The first-order valence-corrected chi connectivity index (χ1v) is 6.35. The van der Waals surface area contributed by atoms with Crippen LogP contribution in [0.2, 0.25) is 0 Å². The van der Waals surface area contributed by atoms with Gasteiger partial charge in [-0.1, -0.05) is 12.8 Å². The highest BCUT2D eigenvalue weighted by Gasteiger charge is 2.36. The van der Waals surface area contributed by atoms with Crippen molar-refractivity contribution in [3.63, 3.8) is 0 Å². The maximum absolute atomic E-state index is 13.3. The Morgan fingerprint density at radius 2 is 1.63 bits per heavy atom. The minimum Gasteiger partial charge on any atom is -0.493 e. The number of methoxy groups -OCH3 is 2. The summed E-state index contributed by atoms with van der Waals surface area (Å²) in [6.45, 7) is 0. The lowest BCUT2D eigenvalue weighted by Gasteiger charge is -2.28. The third-order valence-corrected chi connectivity index (χ3v) is 3.82. The van der Waals surface area contributed by atoms with Crippen LogP contribution in [0, 0.1) is 0 Å². The summed E-state index contributed by atoms with van der Waals surface area (Å²) in [5.74, 6) is 0.752. The topological polar surface area (TPSA) is 44.5 Å². The lowest BCUT2D eigenvalue weighted by Crippen LogP contribution is -2.34. The second-order valence-corrected chi connectivity index (χ2v) is 4.96. The molecule has 1 aromatic carbocycles. The van der Waals surface area contributed by atoms with E-state index < -0.39 is 12.0 Å². The van der Waals surface area contributed by atoms with Crippen LogP contribution in [-0.2, 0) is 5.54 Å². The second-order valence-electron chi connectivity index (χ2n) is 4.96. The van der Waals surface area contributed by atoms with Crippen LogP contribution in [0.15, 0.2) is 12.1 Å². The number of benzene rings is 1. The van der Waals surface area contributed by atoms with Crippen LogP contribution in [0.1, 0.15) is 43.2 Å². The van der Waals surface area contributed by atoms with Crippen LogP contribution < -0.4 is 15.2 Å². The average Bonchev–Trinajstić information content (AvgIpc) is 2.85. The van der Waals surface area contributed by atoms with E-state index >= 15 is 0 Å². The van der Waals surface area contributed by atoms with Gasteiger partial charge in [0.1, 0.15) is 0 Å². The Morgan fingerprint density at radius 3 is 2.11 bits per heavy atom. The first-order chi connectivity index (χ1) is 9.01. The van der Waals surface area contributed by atoms with E-state index in [1.54, 1.807) is 6.07 Å². The summed E-state index contributed by atoms with van der Waals surface area (Å²) in [7, 11) is 2.92. The molecule has 0 aromatic heterocycles. The number of rotatable bonds is 4. The van der Waals surface area contributed by atoms with E-state index in [2.05, 4.69) is 0 Å². The van der Waals surface area contributed by atoms with Crippen molar-refractivity contribution < 1.29 is 18.3 Å². The molecule has 0 radical (unpaired) electrons. The molecule has 5 heteroatoms. The molecule has 1 fully saturated rings. The van der Waals surface area contributed by atoms with Crippen molar-refractivity contribution >= 4 is 0 Å². The van der Waals surface area contributed by atoms with E-state index in [4.69, 9.17) is 15.2 Å². The maximum Gasteiger partial charge on any atom is 0.264 e. The van der Waals surface area contributed by atoms with Gasteiger partial charge in [0, 0.05) is 11.1 Å². The van der Waals surface area contributed by atoms with Crippen molar-refractivity contribution in [2.45, 2.75) is 37.6 Å². The van der Waals surface area contributed by atoms with Gasteiger partial charge in [-0.2, -0.15) is 0 Å². The van der Waals surface area contributed by atoms with Crippen LogP contribution in [0.3, 0.4) is 0 Å². The van der Waals surface area contributed by atoms with Crippen LogP contribution in [0.4, 0.5) is 8.78 Å². The number of halogens is 2. The molecule has 0 atom stereocenters. The third kappa shape index (κ3) is 2.52. The minimum atomic E-state index is -2.57. The smallest absolute Gasteiger partial charge is 0.264 e. The number of hydrogen-bond acceptors (Lipinski definition) is 3. The van der Waals surface area contributed by atoms with Gasteiger partial charge in [0.25, 0.3) is 6.43 Å². The summed E-state index contributed by atoms with van der Waals surface area (Å²) in [6, 6.07) is 2.94. The minimum absolute atomic E-state index is 0.0537. The first-order valence-electron chi connectivity index (χ1n) is 6.35. The molecule has 0 aliphatic heterocycles. The highest BCUT2D eigenvalue weighted by atomic mass is 19.3. The molecule has 2 N–H and O–H groups in total. The van der Waals surface area contributed by atoms with Gasteiger partial charge in [0.2, 0.25) is 0 Å². The zero-order valence-corrected chi connectivity index (χ0v) is 11.2. The van der Waals surface area contributed by atoms with Gasteiger partial charge in [-0.25, -0.2) is 8.78 Å². The van der Waals surface area contributed by atoms with E-state index in [1.807, 2.05) is 0 Å². The van der Waals surface area contributed by atoms with E-state index in [9.17, 15) is 8.78 Å². The van der Waals surface area contributed by atoms with E-state index in [-0.39, 0.29) is 5.56 Å². The van der Waals surface area contributed by atoms with Crippen LogP contribution >= 0.6 is 0 Å². The molecule has 106 valence electrons. The van der Waals surface area contributed by atoms with Crippen LogP contribution in [-0.4, -0.2) is 14.2 Å². The molecule has 0 bridgehead atoms. The lowest BCUT2D eigenvalue weighted by atomic mass is 9.85. The summed E-state index contributed by atoms with van der Waals surface area (Å²) < 4.78 is 36.8. The van der Waals surface area contributed by atoms with Gasteiger partial charge in [0.15, 0.2) is 11.5 Å². The van der Waals surface area contributed by atoms with Crippen LogP contribution in [0.5, 0.6) is 11.5 Å². The van der Waals surface area contributed by atoms with Crippen molar-refractivity contribution in [1.82, 2.24) is 0 Å². The highest BCUT2D eigenvalue weighted by Crippen LogP contribution is 2.44. The Bertz CT molecular complexity index is 457. The third-order valence-electron chi connectivity index (χ3n) is 3.82. The fourth-order valence-electron chi connectivity index (χ4n) is 2.78. The van der Waals surface area contributed by atoms with Crippen molar-refractivity contribution in [2.24, 2.45) is 5.73 Å². The molecule has 1 aliphatic rings. The predicted molar refractivity (Wildman–Crippen MR) is 68.8 cm³/mol. The van der Waals surface area contributed by atoms with Gasteiger partial charge >= 0.3 is 0 Å². The largest absolute Gasteiger partial charge is 0.493 e. The normalized spacial score (nSPS) is 17.8. The molecule has 0 saturated heterocycles. The molecule has 3 nitrogen and oxygen atoms in total. The summed E-state index contributed by atoms with van der Waals surface area (Å²) in [6.07, 6.45) is 0.807. The van der Waals surface area contributed by atoms with Crippen molar-refractivity contribution in [2.75, 3.05) is 14.2 Å². The summed E-state index contributed by atoms with van der Waals surface area (Å²) in [4.78, 5) is 0. The Morgan fingerprint density at radius 1 is 1.11 bits per heavy atom. The molecule has 0 spiro atoms. The van der Waals surface area contributed by atoms with E-state index in [0.29, 0.717) is 17.1 Å². The van der Waals surface area contributed by atoms with Gasteiger partial charge in [-0.3, -0.25) is 0 Å². The molecule has 1 aliphatic carbocycles. The molecule has 2 rings (SSSR count). The number of ether oxygens (including phenoxy) is 2. The summed E-state index contributed by atoms with van der Waals surface area (Å²) in [5.41, 5.74) is 6.06. The number of alkyl halides is 2.